The molecule has 124 valence electrons. The third-order valence-electron chi connectivity index (χ3n) is 4.28. The number of hydrogen-bond donors (Lipinski definition) is 0. The molecule has 0 N–H and O–H groups in total. The van der Waals surface area contributed by atoms with Crippen LogP contribution in [0.1, 0.15) is 67.5 Å². The van der Waals surface area contributed by atoms with E-state index in [1.807, 2.05) is 17.9 Å². The number of likely N-dealkylation sites (tertiary alicyclic amines) is 1. The fourth-order valence-corrected chi connectivity index (χ4v) is 3.21. The second-order valence-electron chi connectivity index (χ2n) is 6.12. The lowest BCUT2D eigenvalue weighted by molar-refractivity contribution is 0.0702. The van der Waals surface area contributed by atoms with Crippen LogP contribution < -0.4 is 0 Å². The zero-order valence-corrected chi connectivity index (χ0v) is 14.4. The number of nitrogens with zero attached hydrogens (tertiary/aromatic N) is 4. The smallest absolute Gasteiger partial charge is 0.274 e. The van der Waals surface area contributed by atoms with E-state index in [9.17, 15) is 4.79 Å². The predicted octanol–water partition coefficient (Wildman–Crippen LogP) is 3.65. The van der Waals surface area contributed by atoms with Gasteiger partial charge < -0.3 is 9.42 Å². The van der Waals surface area contributed by atoms with Gasteiger partial charge in [0.1, 0.15) is 5.69 Å². The molecule has 0 spiro atoms. The molecule has 0 aliphatic carbocycles. The number of carbonyl (C=O) groups excluding carboxylic acids is 1. The fraction of sp³-hybridized carbons (Fsp3) is 0.562. The number of aromatic nitrogens is 3. The Labute approximate surface area is 140 Å². The highest BCUT2D eigenvalue weighted by Crippen LogP contribution is 2.35. The number of carbonyl (C=O) groups is 1. The molecule has 0 bridgehead atoms. The first-order valence-electron chi connectivity index (χ1n) is 8.01. The quantitative estimate of drug-likeness (QED) is 0.855. The van der Waals surface area contributed by atoms with Crippen LogP contribution in [0.4, 0.5) is 0 Å². The van der Waals surface area contributed by atoms with Gasteiger partial charge in [-0.2, -0.15) is 5.10 Å². The van der Waals surface area contributed by atoms with Crippen molar-refractivity contribution in [3.8, 4) is 0 Å². The van der Waals surface area contributed by atoms with Crippen LogP contribution in [0.2, 0.25) is 5.02 Å². The number of hydrogen-bond acceptors (Lipinski definition) is 4. The standard InChI is InChI=1S/C16H21ClN4O2/c1-4-21-15(11(17)9-18-21)16(22)20-7-5-6-13(20)14-8-12(10(2)3)19-23-14/h8-10,13H,4-7H2,1-3H3/t13-/m1/s1. The van der Waals surface area contributed by atoms with Crippen molar-refractivity contribution in [1.82, 2.24) is 19.8 Å². The zero-order chi connectivity index (χ0) is 16.6. The summed E-state index contributed by atoms with van der Waals surface area (Å²) in [6.07, 6.45) is 3.33. The molecule has 0 aromatic carbocycles. The van der Waals surface area contributed by atoms with Gasteiger partial charge in [0.05, 0.1) is 23.0 Å². The summed E-state index contributed by atoms with van der Waals surface area (Å²) in [4.78, 5) is 14.8. The molecule has 2 aromatic heterocycles. The van der Waals surface area contributed by atoms with Crippen molar-refractivity contribution in [3.05, 3.63) is 34.4 Å². The highest BCUT2D eigenvalue weighted by molar-refractivity contribution is 6.33. The Kier molecular flexibility index (Phi) is 4.43. The van der Waals surface area contributed by atoms with Gasteiger partial charge in [-0.25, -0.2) is 0 Å². The first-order chi connectivity index (χ1) is 11.0. The van der Waals surface area contributed by atoms with Crippen LogP contribution in [0.15, 0.2) is 16.8 Å². The molecule has 3 rings (SSSR count). The van der Waals surface area contributed by atoms with E-state index < -0.39 is 0 Å². The second kappa shape index (κ2) is 6.35. The summed E-state index contributed by atoms with van der Waals surface area (Å²) in [5.74, 6) is 0.951. The lowest BCUT2D eigenvalue weighted by Crippen LogP contribution is -2.32. The monoisotopic (exact) mass is 336 g/mol. The summed E-state index contributed by atoms with van der Waals surface area (Å²) in [6.45, 7) is 7.36. The van der Waals surface area contributed by atoms with Crippen LogP contribution >= 0.6 is 11.6 Å². The van der Waals surface area contributed by atoms with Crippen LogP contribution in [0.5, 0.6) is 0 Å². The van der Waals surface area contributed by atoms with E-state index in [4.69, 9.17) is 16.1 Å². The Balaban J connectivity index is 1.88. The van der Waals surface area contributed by atoms with Crippen molar-refractivity contribution in [2.75, 3.05) is 6.54 Å². The highest BCUT2D eigenvalue weighted by atomic mass is 35.5. The molecule has 1 aliphatic heterocycles. The lowest BCUT2D eigenvalue weighted by Gasteiger charge is -2.23. The average Bonchev–Trinajstić information content (AvgIpc) is 3.24. The van der Waals surface area contributed by atoms with E-state index in [1.54, 1.807) is 4.68 Å². The average molecular weight is 337 g/mol. The van der Waals surface area contributed by atoms with Gasteiger partial charge in [-0.1, -0.05) is 30.6 Å². The van der Waals surface area contributed by atoms with Gasteiger partial charge in [-0.3, -0.25) is 9.48 Å². The first kappa shape index (κ1) is 16.1. The second-order valence-corrected chi connectivity index (χ2v) is 6.53. The molecule has 6 nitrogen and oxygen atoms in total. The Morgan fingerprint density at radius 2 is 2.30 bits per heavy atom. The van der Waals surface area contributed by atoms with E-state index in [0.29, 0.717) is 29.7 Å². The van der Waals surface area contributed by atoms with Crippen molar-refractivity contribution >= 4 is 17.5 Å². The van der Waals surface area contributed by atoms with Crippen molar-refractivity contribution in [2.24, 2.45) is 0 Å². The Morgan fingerprint density at radius 1 is 1.52 bits per heavy atom. The normalized spacial score (nSPS) is 18.1. The molecule has 23 heavy (non-hydrogen) atoms. The molecule has 7 heteroatoms. The maximum atomic E-state index is 13.0. The molecule has 3 heterocycles. The zero-order valence-electron chi connectivity index (χ0n) is 13.6. The van der Waals surface area contributed by atoms with Gasteiger partial charge in [0.15, 0.2) is 5.76 Å². The molecule has 1 fully saturated rings. The minimum atomic E-state index is -0.0978. The van der Waals surface area contributed by atoms with Crippen molar-refractivity contribution in [2.45, 2.75) is 52.1 Å². The van der Waals surface area contributed by atoms with Gasteiger partial charge in [-0.15, -0.1) is 0 Å². The minimum Gasteiger partial charge on any atom is -0.359 e. The van der Waals surface area contributed by atoms with Crippen molar-refractivity contribution in [1.29, 1.82) is 0 Å². The van der Waals surface area contributed by atoms with E-state index in [2.05, 4.69) is 24.1 Å². The largest absolute Gasteiger partial charge is 0.359 e. The Morgan fingerprint density at radius 3 is 2.96 bits per heavy atom. The molecule has 2 aromatic rings. The van der Waals surface area contributed by atoms with Gasteiger partial charge in [0, 0.05) is 19.2 Å². The lowest BCUT2D eigenvalue weighted by atomic mass is 10.1. The summed E-state index contributed by atoms with van der Waals surface area (Å²) in [7, 11) is 0. The van der Waals surface area contributed by atoms with Crippen LogP contribution in [0, 0.1) is 0 Å². The summed E-state index contributed by atoms with van der Waals surface area (Å²) >= 11 is 6.17. The number of amides is 1. The summed E-state index contributed by atoms with van der Waals surface area (Å²) in [5.41, 5.74) is 1.36. The van der Waals surface area contributed by atoms with Crippen molar-refractivity contribution < 1.29 is 9.32 Å². The Hall–Kier alpha value is -1.82. The number of halogens is 1. The SMILES string of the molecule is CCn1ncc(Cl)c1C(=O)N1CCC[C@@H]1c1cc(C(C)C)no1. The Bertz CT molecular complexity index is 707. The summed E-state index contributed by atoms with van der Waals surface area (Å²) < 4.78 is 7.13. The van der Waals surface area contributed by atoms with E-state index in [0.717, 1.165) is 24.3 Å². The van der Waals surface area contributed by atoms with E-state index >= 15 is 0 Å². The molecule has 0 saturated carbocycles. The van der Waals surface area contributed by atoms with Gasteiger partial charge >= 0.3 is 0 Å². The van der Waals surface area contributed by atoms with Crippen LogP contribution in [-0.4, -0.2) is 32.3 Å². The molecular formula is C16H21ClN4O2. The van der Waals surface area contributed by atoms with Gasteiger partial charge in [-0.05, 0) is 25.7 Å². The summed E-state index contributed by atoms with van der Waals surface area (Å²) in [5, 5.41) is 8.66. The molecule has 1 amide bonds. The number of rotatable bonds is 4. The third kappa shape index (κ3) is 2.87. The predicted molar refractivity (Wildman–Crippen MR) is 86.5 cm³/mol. The molecule has 1 aliphatic rings. The van der Waals surface area contributed by atoms with E-state index in [1.165, 1.54) is 6.20 Å². The first-order valence-corrected chi connectivity index (χ1v) is 8.39. The van der Waals surface area contributed by atoms with E-state index in [-0.39, 0.29) is 11.9 Å². The maximum Gasteiger partial charge on any atom is 0.274 e. The topological polar surface area (TPSA) is 64.2 Å². The molecule has 0 radical (unpaired) electrons. The molecule has 0 unspecified atom stereocenters. The van der Waals surface area contributed by atoms with Gasteiger partial charge in [0.2, 0.25) is 0 Å². The third-order valence-corrected chi connectivity index (χ3v) is 4.55. The minimum absolute atomic E-state index is 0.0845. The van der Waals surface area contributed by atoms with Gasteiger partial charge in [0.25, 0.3) is 5.91 Å². The van der Waals surface area contributed by atoms with Crippen LogP contribution in [-0.2, 0) is 6.54 Å². The summed E-state index contributed by atoms with van der Waals surface area (Å²) in [6, 6.07) is 1.87. The molecule has 1 saturated heterocycles. The highest BCUT2D eigenvalue weighted by Gasteiger charge is 2.35. The maximum absolute atomic E-state index is 13.0. The molecular weight excluding hydrogens is 316 g/mol. The van der Waals surface area contributed by atoms with Crippen molar-refractivity contribution in [3.63, 3.8) is 0 Å². The van der Waals surface area contributed by atoms with Crippen LogP contribution in [0.3, 0.4) is 0 Å². The molecule has 1 atom stereocenters. The van der Waals surface area contributed by atoms with Crippen LogP contribution in [0.25, 0.3) is 0 Å². The number of aryl methyl sites for hydroxylation is 1. The fourth-order valence-electron chi connectivity index (χ4n) is 2.99.